The SMILES string of the molecule is [Br-].[CH2]CCCCCCCCCCCCC.[Zn]. The van der Waals surface area contributed by atoms with Crippen LogP contribution in [0.4, 0.5) is 0 Å². The van der Waals surface area contributed by atoms with Crippen molar-refractivity contribution in [1.82, 2.24) is 0 Å². The van der Waals surface area contributed by atoms with Crippen molar-refractivity contribution in [3.63, 3.8) is 0 Å². The summed E-state index contributed by atoms with van der Waals surface area (Å²) in [7, 11) is 0. The summed E-state index contributed by atoms with van der Waals surface area (Å²) in [6, 6.07) is 0. The molecular formula is C14H29BrZn-. The maximum absolute atomic E-state index is 3.86. The molecule has 0 heterocycles. The summed E-state index contributed by atoms with van der Waals surface area (Å²) in [4.78, 5) is 0. The van der Waals surface area contributed by atoms with Gasteiger partial charge in [0, 0.05) is 19.5 Å². The van der Waals surface area contributed by atoms with Gasteiger partial charge in [-0.05, 0) is 0 Å². The first kappa shape index (κ1) is 22.3. The summed E-state index contributed by atoms with van der Waals surface area (Å²) in [5, 5.41) is 0. The number of rotatable bonds is 11. The zero-order valence-electron chi connectivity index (χ0n) is 11.3. The summed E-state index contributed by atoms with van der Waals surface area (Å²) >= 11 is 0. The van der Waals surface area contributed by atoms with E-state index < -0.39 is 0 Å². The van der Waals surface area contributed by atoms with Crippen LogP contribution in [-0.2, 0) is 19.5 Å². The minimum atomic E-state index is 0. The molecule has 0 saturated heterocycles. The van der Waals surface area contributed by atoms with E-state index in [9.17, 15) is 0 Å². The fraction of sp³-hybridized carbons (Fsp3) is 0.929. The predicted octanol–water partition coefficient (Wildman–Crippen LogP) is 2.52. The summed E-state index contributed by atoms with van der Waals surface area (Å²) in [6.07, 6.45) is 16.9. The van der Waals surface area contributed by atoms with E-state index in [0.29, 0.717) is 0 Å². The third-order valence-corrected chi connectivity index (χ3v) is 2.85. The van der Waals surface area contributed by atoms with E-state index in [0.717, 1.165) is 6.42 Å². The number of hydrogen-bond acceptors (Lipinski definition) is 0. The van der Waals surface area contributed by atoms with Crippen molar-refractivity contribution in [3.8, 4) is 0 Å². The van der Waals surface area contributed by atoms with Gasteiger partial charge >= 0.3 is 0 Å². The zero-order chi connectivity index (χ0) is 10.5. The van der Waals surface area contributed by atoms with E-state index in [1.807, 2.05) is 0 Å². The van der Waals surface area contributed by atoms with Crippen LogP contribution in [0.15, 0.2) is 0 Å². The molecule has 0 saturated carbocycles. The molecule has 0 rings (SSSR count). The standard InChI is InChI=1S/C14H29.BrH.Zn/c1-3-5-7-9-11-13-14-12-10-8-6-4-2;;/h1,3-14H2,2H3;1H;/p-1. The van der Waals surface area contributed by atoms with Crippen LogP contribution in [-0.4, -0.2) is 0 Å². The molecule has 95 valence electrons. The van der Waals surface area contributed by atoms with E-state index in [1.165, 1.54) is 70.6 Å². The quantitative estimate of drug-likeness (QED) is 0.400. The van der Waals surface area contributed by atoms with Gasteiger partial charge in [0.2, 0.25) is 0 Å². The zero-order valence-corrected chi connectivity index (χ0v) is 15.8. The average molecular weight is 343 g/mol. The van der Waals surface area contributed by atoms with Gasteiger partial charge < -0.3 is 17.0 Å². The molecule has 0 aliphatic heterocycles. The normalized spacial score (nSPS) is 9.38. The average Bonchev–Trinajstić information content (AvgIpc) is 2.21. The number of hydrogen-bond donors (Lipinski definition) is 0. The predicted molar refractivity (Wildman–Crippen MR) is 66.4 cm³/mol. The smallest absolute Gasteiger partial charge is 0 e. The summed E-state index contributed by atoms with van der Waals surface area (Å²) in [5.74, 6) is 0. The maximum atomic E-state index is 3.86. The van der Waals surface area contributed by atoms with Crippen LogP contribution in [0.3, 0.4) is 0 Å². The third-order valence-electron chi connectivity index (χ3n) is 2.85. The van der Waals surface area contributed by atoms with E-state index in [2.05, 4.69) is 13.8 Å². The van der Waals surface area contributed by atoms with Crippen LogP contribution >= 0.6 is 0 Å². The third kappa shape index (κ3) is 20.5. The minimum Gasteiger partial charge on any atom is -1.00 e. The largest absolute Gasteiger partial charge is 1.00 e. The second-order valence-electron chi connectivity index (χ2n) is 4.39. The molecule has 16 heavy (non-hydrogen) atoms. The van der Waals surface area contributed by atoms with Crippen molar-refractivity contribution >= 4 is 0 Å². The van der Waals surface area contributed by atoms with Crippen molar-refractivity contribution in [3.05, 3.63) is 6.92 Å². The topological polar surface area (TPSA) is 0 Å². The van der Waals surface area contributed by atoms with Crippen LogP contribution in [0.2, 0.25) is 0 Å². The second-order valence-corrected chi connectivity index (χ2v) is 4.39. The van der Waals surface area contributed by atoms with Crippen molar-refractivity contribution in [2.45, 2.75) is 84.0 Å². The van der Waals surface area contributed by atoms with E-state index in [-0.39, 0.29) is 36.5 Å². The number of unbranched alkanes of at least 4 members (excludes halogenated alkanes) is 11. The molecule has 0 aromatic heterocycles. The number of halogens is 1. The van der Waals surface area contributed by atoms with Crippen LogP contribution in [0, 0.1) is 6.92 Å². The second kappa shape index (κ2) is 21.4. The molecule has 0 nitrogen and oxygen atoms in total. The van der Waals surface area contributed by atoms with Crippen LogP contribution in [0.5, 0.6) is 0 Å². The van der Waals surface area contributed by atoms with Crippen molar-refractivity contribution in [2.24, 2.45) is 0 Å². The molecule has 0 N–H and O–H groups in total. The Labute approximate surface area is 127 Å². The fourth-order valence-corrected chi connectivity index (χ4v) is 1.84. The van der Waals surface area contributed by atoms with Gasteiger partial charge in [-0.25, -0.2) is 0 Å². The molecule has 1 radical (unpaired) electrons. The van der Waals surface area contributed by atoms with Crippen LogP contribution in [0.25, 0.3) is 0 Å². The molecule has 0 atom stereocenters. The van der Waals surface area contributed by atoms with Crippen LogP contribution < -0.4 is 17.0 Å². The Morgan fingerprint density at radius 3 is 1.25 bits per heavy atom. The molecule has 0 bridgehead atoms. The molecule has 0 spiro atoms. The minimum absolute atomic E-state index is 0. The summed E-state index contributed by atoms with van der Waals surface area (Å²) in [5.41, 5.74) is 0. The monoisotopic (exact) mass is 340 g/mol. The Balaban J connectivity index is -0.000000845. The molecule has 0 amide bonds. The van der Waals surface area contributed by atoms with Crippen molar-refractivity contribution < 1.29 is 36.5 Å². The Morgan fingerprint density at radius 2 is 0.938 bits per heavy atom. The first-order valence-electron chi connectivity index (χ1n) is 6.71. The van der Waals surface area contributed by atoms with Crippen molar-refractivity contribution in [2.75, 3.05) is 0 Å². The Kier molecular flexibility index (Phi) is 29.8. The Morgan fingerprint density at radius 1 is 0.625 bits per heavy atom. The Hall–Kier alpha value is 1.10. The first-order valence-corrected chi connectivity index (χ1v) is 6.71. The Bertz CT molecular complexity index is 84.7. The van der Waals surface area contributed by atoms with Gasteiger partial charge in [-0.3, -0.25) is 0 Å². The molecule has 0 aromatic carbocycles. The first-order chi connectivity index (χ1) is 6.91. The van der Waals surface area contributed by atoms with Gasteiger partial charge in [-0.15, -0.1) is 0 Å². The van der Waals surface area contributed by atoms with Gasteiger partial charge in [0.1, 0.15) is 0 Å². The van der Waals surface area contributed by atoms with Crippen molar-refractivity contribution in [1.29, 1.82) is 0 Å². The van der Waals surface area contributed by atoms with Crippen LogP contribution in [0.1, 0.15) is 84.0 Å². The molecule has 0 fully saturated rings. The van der Waals surface area contributed by atoms with Gasteiger partial charge in [-0.1, -0.05) is 90.9 Å². The molecule has 0 aliphatic rings. The van der Waals surface area contributed by atoms with Gasteiger partial charge in [-0.2, -0.15) is 0 Å². The summed E-state index contributed by atoms with van der Waals surface area (Å²) in [6.45, 7) is 6.14. The molecule has 0 unspecified atom stereocenters. The summed E-state index contributed by atoms with van der Waals surface area (Å²) < 4.78 is 0. The molecule has 0 aromatic rings. The maximum Gasteiger partial charge on any atom is 0 e. The van der Waals surface area contributed by atoms with Gasteiger partial charge in [0.15, 0.2) is 0 Å². The van der Waals surface area contributed by atoms with E-state index in [1.54, 1.807) is 0 Å². The van der Waals surface area contributed by atoms with E-state index in [4.69, 9.17) is 0 Å². The van der Waals surface area contributed by atoms with E-state index >= 15 is 0 Å². The molecule has 2 heteroatoms. The fourth-order valence-electron chi connectivity index (χ4n) is 1.84. The van der Waals surface area contributed by atoms with Gasteiger partial charge in [0.05, 0.1) is 0 Å². The molecular weight excluding hydrogens is 313 g/mol. The van der Waals surface area contributed by atoms with Gasteiger partial charge in [0.25, 0.3) is 0 Å². The molecule has 0 aliphatic carbocycles.